The number of amides is 1. The molecule has 0 aliphatic carbocycles. The van der Waals surface area contributed by atoms with Crippen molar-refractivity contribution in [2.45, 2.75) is 38.9 Å². The molecule has 0 N–H and O–H groups in total. The van der Waals surface area contributed by atoms with E-state index in [0.29, 0.717) is 18.8 Å². The van der Waals surface area contributed by atoms with Crippen molar-refractivity contribution in [2.75, 3.05) is 6.54 Å². The number of benzene rings is 1. The summed E-state index contributed by atoms with van der Waals surface area (Å²) in [6, 6.07) is 12.1. The molecule has 3 aromatic rings. The molecule has 2 aliphatic rings. The maximum absolute atomic E-state index is 12.9. The zero-order chi connectivity index (χ0) is 17.7. The summed E-state index contributed by atoms with van der Waals surface area (Å²) in [5, 5.41) is 13.2. The number of rotatable bonds is 2. The normalized spacial score (nSPS) is 18.7. The van der Waals surface area contributed by atoms with Gasteiger partial charge in [-0.3, -0.25) is 9.48 Å². The topological polar surface area (TPSA) is 68.8 Å². The minimum atomic E-state index is -0.0192. The summed E-state index contributed by atoms with van der Waals surface area (Å²) in [4.78, 5) is 14.8. The van der Waals surface area contributed by atoms with Gasteiger partial charge in [0.05, 0.1) is 12.6 Å². The number of aryl methyl sites for hydroxylation is 2. The second-order valence-corrected chi connectivity index (χ2v) is 7.06. The molecule has 1 atom stereocenters. The first-order chi connectivity index (χ1) is 12.7. The second-order valence-electron chi connectivity index (χ2n) is 7.06. The van der Waals surface area contributed by atoms with Gasteiger partial charge in [-0.05, 0) is 25.8 Å². The number of carbonyl (C=O) groups excluding carboxylic acids is 1. The molecule has 0 fully saturated rings. The molecule has 5 rings (SSSR count). The summed E-state index contributed by atoms with van der Waals surface area (Å²) >= 11 is 0. The first-order valence-electron chi connectivity index (χ1n) is 9.06. The molecule has 4 heterocycles. The highest BCUT2D eigenvalue weighted by molar-refractivity contribution is 5.92. The Morgan fingerprint density at radius 2 is 2.04 bits per heavy atom. The molecule has 2 aromatic heterocycles. The fourth-order valence-electron chi connectivity index (χ4n) is 4.00. The molecule has 1 aromatic carbocycles. The molecule has 1 amide bonds. The quantitative estimate of drug-likeness (QED) is 0.713. The van der Waals surface area contributed by atoms with E-state index in [2.05, 4.69) is 26.8 Å². The summed E-state index contributed by atoms with van der Waals surface area (Å²) in [6.07, 6.45) is 2.12. The third-order valence-electron chi connectivity index (χ3n) is 5.23. The molecule has 0 spiro atoms. The monoisotopic (exact) mass is 348 g/mol. The standard InChI is InChI=1S/C19H20N6O/c1-13-11-23(19(26)16-10-15-8-5-9-24(15)22-16)12-17-20-21-18(25(13)17)14-6-3-2-4-7-14/h2-4,6-7,10,13H,5,8-9,11-12H2,1H3/t13-/m0/s1. The zero-order valence-corrected chi connectivity index (χ0v) is 14.7. The number of hydrogen-bond acceptors (Lipinski definition) is 4. The van der Waals surface area contributed by atoms with Gasteiger partial charge in [-0.25, -0.2) is 0 Å². The van der Waals surface area contributed by atoms with E-state index in [9.17, 15) is 4.79 Å². The molecule has 7 heteroatoms. The first-order valence-corrected chi connectivity index (χ1v) is 9.06. The van der Waals surface area contributed by atoms with E-state index in [1.165, 1.54) is 0 Å². The fraction of sp³-hybridized carbons (Fsp3) is 0.368. The molecule has 7 nitrogen and oxygen atoms in total. The first kappa shape index (κ1) is 15.3. The minimum Gasteiger partial charge on any atom is -0.328 e. The molecule has 0 bridgehead atoms. The van der Waals surface area contributed by atoms with Crippen LogP contribution in [-0.4, -0.2) is 41.9 Å². The van der Waals surface area contributed by atoms with Gasteiger partial charge in [-0.15, -0.1) is 10.2 Å². The molecular weight excluding hydrogens is 328 g/mol. The Morgan fingerprint density at radius 3 is 2.85 bits per heavy atom. The predicted molar refractivity (Wildman–Crippen MR) is 95.5 cm³/mol. The van der Waals surface area contributed by atoms with E-state index in [1.807, 2.05) is 46.0 Å². The Hall–Kier alpha value is -2.96. The lowest BCUT2D eigenvalue weighted by atomic mass is 10.1. The lowest BCUT2D eigenvalue weighted by Crippen LogP contribution is -2.40. The lowest BCUT2D eigenvalue weighted by Gasteiger charge is -2.32. The largest absolute Gasteiger partial charge is 0.328 e. The molecule has 2 aliphatic heterocycles. The van der Waals surface area contributed by atoms with Crippen molar-refractivity contribution >= 4 is 5.91 Å². The van der Waals surface area contributed by atoms with Gasteiger partial charge in [-0.1, -0.05) is 30.3 Å². The number of carbonyl (C=O) groups is 1. The van der Waals surface area contributed by atoms with Crippen LogP contribution in [0.25, 0.3) is 11.4 Å². The van der Waals surface area contributed by atoms with Crippen LogP contribution in [0.4, 0.5) is 0 Å². The van der Waals surface area contributed by atoms with Crippen molar-refractivity contribution in [3.8, 4) is 11.4 Å². The Balaban J connectivity index is 1.43. The average molecular weight is 348 g/mol. The van der Waals surface area contributed by atoms with Gasteiger partial charge in [0.15, 0.2) is 17.3 Å². The van der Waals surface area contributed by atoms with Crippen LogP contribution in [0.3, 0.4) is 0 Å². The SMILES string of the molecule is C[C@H]1CN(C(=O)c2cc3n(n2)CCC3)Cc2nnc(-c3ccccc3)n21. The lowest BCUT2D eigenvalue weighted by molar-refractivity contribution is 0.0675. The molecular formula is C19H20N6O. The van der Waals surface area contributed by atoms with Gasteiger partial charge >= 0.3 is 0 Å². The van der Waals surface area contributed by atoms with Crippen LogP contribution in [0.1, 0.15) is 41.4 Å². The van der Waals surface area contributed by atoms with Gasteiger partial charge < -0.3 is 9.47 Å². The van der Waals surface area contributed by atoms with Gasteiger partial charge in [0, 0.05) is 24.3 Å². The Labute approximate surface area is 151 Å². The summed E-state index contributed by atoms with van der Waals surface area (Å²) in [5.74, 6) is 1.66. The highest BCUT2D eigenvalue weighted by Crippen LogP contribution is 2.28. The van der Waals surface area contributed by atoms with Crippen LogP contribution in [0.2, 0.25) is 0 Å². The second kappa shape index (κ2) is 5.79. The summed E-state index contributed by atoms with van der Waals surface area (Å²) in [6.45, 7) is 4.11. The van der Waals surface area contributed by atoms with Crippen LogP contribution in [0.5, 0.6) is 0 Å². The zero-order valence-electron chi connectivity index (χ0n) is 14.7. The molecule has 26 heavy (non-hydrogen) atoms. The van der Waals surface area contributed by atoms with Crippen molar-refractivity contribution in [3.05, 3.63) is 53.6 Å². The van der Waals surface area contributed by atoms with Gasteiger partial charge in [-0.2, -0.15) is 5.10 Å². The smallest absolute Gasteiger partial charge is 0.274 e. The van der Waals surface area contributed by atoms with Crippen molar-refractivity contribution in [3.63, 3.8) is 0 Å². The van der Waals surface area contributed by atoms with E-state index in [1.54, 1.807) is 0 Å². The van der Waals surface area contributed by atoms with Crippen LogP contribution in [0.15, 0.2) is 36.4 Å². The Morgan fingerprint density at radius 1 is 1.19 bits per heavy atom. The van der Waals surface area contributed by atoms with Crippen molar-refractivity contribution in [1.82, 2.24) is 29.4 Å². The van der Waals surface area contributed by atoms with Crippen molar-refractivity contribution in [2.24, 2.45) is 0 Å². The van der Waals surface area contributed by atoms with Gasteiger partial charge in [0.25, 0.3) is 5.91 Å². The third kappa shape index (κ3) is 2.34. The third-order valence-corrected chi connectivity index (χ3v) is 5.23. The molecule has 0 saturated carbocycles. The Kier molecular flexibility index (Phi) is 3.41. The van der Waals surface area contributed by atoms with E-state index >= 15 is 0 Å². The maximum Gasteiger partial charge on any atom is 0.274 e. The number of aromatic nitrogens is 5. The van der Waals surface area contributed by atoms with E-state index in [4.69, 9.17) is 0 Å². The molecule has 0 radical (unpaired) electrons. The van der Waals surface area contributed by atoms with Crippen molar-refractivity contribution in [1.29, 1.82) is 0 Å². The van der Waals surface area contributed by atoms with Crippen LogP contribution >= 0.6 is 0 Å². The fourth-order valence-corrected chi connectivity index (χ4v) is 4.00. The highest BCUT2D eigenvalue weighted by atomic mass is 16.2. The molecule has 0 unspecified atom stereocenters. The minimum absolute atomic E-state index is 0.0192. The predicted octanol–water partition coefficient (Wildman–Crippen LogP) is 2.30. The summed E-state index contributed by atoms with van der Waals surface area (Å²) < 4.78 is 4.10. The average Bonchev–Trinajstić information content (AvgIpc) is 3.36. The van der Waals surface area contributed by atoms with Gasteiger partial charge in [0.2, 0.25) is 0 Å². The van der Waals surface area contributed by atoms with E-state index in [0.717, 1.165) is 42.3 Å². The summed E-state index contributed by atoms with van der Waals surface area (Å²) in [7, 11) is 0. The number of nitrogens with zero attached hydrogens (tertiary/aromatic N) is 6. The summed E-state index contributed by atoms with van der Waals surface area (Å²) in [5.41, 5.74) is 2.75. The van der Waals surface area contributed by atoms with Crippen LogP contribution < -0.4 is 0 Å². The van der Waals surface area contributed by atoms with Crippen LogP contribution in [0, 0.1) is 0 Å². The maximum atomic E-state index is 12.9. The number of hydrogen-bond donors (Lipinski definition) is 0. The highest BCUT2D eigenvalue weighted by Gasteiger charge is 2.31. The molecule has 132 valence electrons. The van der Waals surface area contributed by atoms with Crippen molar-refractivity contribution < 1.29 is 4.79 Å². The molecule has 0 saturated heterocycles. The van der Waals surface area contributed by atoms with Gasteiger partial charge in [0.1, 0.15) is 0 Å². The number of fused-ring (bicyclic) bond motifs is 2. The van der Waals surface area contributed by atoms with E-state index in [-0.39, 0.29) is 11.9 Å². The Bertz CT molecular complexity index is 952. The van der Waals surface area contributed by atoms with Crippen LogP contribution in [-0.2, 0) is 19.5 Å². The van der Waals surface area contributed by atoms with E-state index < -0.39 is 0 Å².